The van der Waals surface area contributed by atoms with Crippen LogP contribution in [0.15, 0.2) is 66.7 Å². The molecule has 9 rings (SSSR count). The van der Waals surface area contributed by atoms with Crippen LogP contribution in [-0.2, 0) is 35.3 Å². The zero-order chi connectivity index (χ0) is 44.1. The molecule has 15 nitrogen and oxygen atoms in total. The Balaban J connectivity index is 1.06. The van der Waals surface area contributed by atoms with E-state index in [2.05, 4.69) is 20.5 Å². The molecule has 3 N–H and O–H groups in total. The van der Waals surface area contributed by atoms with E-state index in [-0.39, 0.29) is 49.0 Å². The van der Waals surface area contributed by atoms with Crippen LogP contribution in [0.25, 0.3) is 27.8 Å². The molecule has 0 unspecified atom stereocenters. The highest BCUT2D eigenvalue weighted by atomic mass is 32.2. The highest BCUT2D eigenvalue weighted by Crippen LogP contribution is 2.46. The van der Waals surface area contributed by atoms with Crippen molar-refractivity contribution in [3.8, 4) is 17.1 Å². The molecule has 4 fully saturated rings. The fourth-order valence-corrected chi connectivity index (χ4v) is 10.4. The van der Waals surface area contributed by atoms with Crippen molar-refractivity contribution in [2.75, 3.05) is 6.54 Å². The lowest BCUT2D eigenvalue weighted by Gasteiger charge is -2.30. The molecule has 0 bridgehead atoms. The van der Waals surface area contributed by atoms with Crippen molar-refractivity contribution in [1.82, 2.24) is 34.9 Å². The normalized spacial score (nSPS) is 26.6. The maximum atomic E-state index is 14.8. The summed E-state index contributed by atoms with van der Waals surface area (Å²) in [5.41, 5.74) is -1.32. The number of alkyl halides is 3. The number of nitrogens with zero attached hydrogens (tertiary/aromatic N) is 4. The molecule has 1 saturated heterocycles. The lowest BCUT2D eigenvalue weighted by Crippen LogP contribution is -2.58. The van der Waals surface area contributed by atoms with Crippen LogP contribution in [0.4, 0.5) is 18.0 Å². The summed E-state index contributed by atoms with van der Waals surface area (Å²) in [5, 5.41) is 10.2. The molecule has 4 heterocycles. The van der Waals surface area contributed by atoms with Gasteiger partial charge in [0.1, 0.15) is 29.8 Å². The summed E-state index contributed by atoms with van der Waals surface area (Å²) in [4.78, 5) is 62.5. The number of carbonyl (C=O) groups is 4. The van der Waals surface area contributed by atoms with E-state index in [0.29, 0.717) is 48.7 Å². The summed E-state index contributed by atoms with van der Waals surface area (Å²) in [7, 11) is -3.97. The number of ether oxygens (including phenoxy) is 2. The van der Waals surface area contributed by atoms with Crippen molar-refractivity contribution in [1.29, 1.82) is 0 Å². The van der Waals surface area contributed by atoms with E-state index in [1.807, 2.05) is 12.2 Å². The molecular formula is C44H48F3N7O8S. The number of aromatic nitrogens is 3. The number of fused-ring (bicyclic) bond motifs is 5. The highest BCUT2D eigenvalue weighted by molar-refractivity contribution is 7.91. The lowest BCUT2D eigenvalue weighted by molar-refractivity contribution is -0.141. The Bertz CT molecular complexity index is 2590. The number of carbonyl (C=O) groups excluding carboxylic acids is 4. The second-order valence-electron chi connectivity index (χ2n) is 17.3. The number of sulfonamides is 1. The molecule has 5 atom stereocenters. The summed E-state index contributed by atoms with van der Waals surface area (Å²) < 4.78 is 83.4. The average molecular weight is 892 g/mol. The fourth-order valence-electron chi connectivity index (χ4n) is 9.04. The van der Waals surface area contributed by atoms with Gasteiger partial charge in [-0.2, -0.15) is 22.8 Å². The maximum absolute atomic E-state index is 14.8. The van der Waals surface area contributed by atoms with Gasteiger partial charge >= 0.3 is 12.3 Å². The van der Waals surface area contributed by atoms with Crippen molar-refractivity contribution in [3.05, 3.63) is 72.3 Å². The smallest absolute Gasteiger partial charge is 0.416 e. The van der Waals surface area contributed by atoms with Gasteiger partial charge in [-0.05, 0) is 88.5 Å². The molecule has 2 aromatic heterocycles. The van der Waals surface area contributed by atoms with E-state index in [9.17, 15) is 40.8 Å². The van der Waals surface area contributed by atoms with Gasteiger partial charge in [0.15, 0.2) is 5.65 Å². The van der Waals surface area contributed by atoms with Gasteiger partial charge in [-0.3, -0.25) is 19.1 Å². The minimum absolute atomic E-state index is 0.0764. The summed E-state index contributed by atoms with van der Waals surface area (Å²) in [6, 6.07) is 10.9. The Kier molecular flexibility index (Phi) is 11.3. The highest BCUT2D eigenvalue weighted by Gasteiger charge is 2.62. The predicted molar refractivity (Wildman–Crippen MR) is 222 cm³/mol. The average Bonchev–Trinajstić information content (AvgIpc) is 4.06. The summed E-state index contributed by atoms with van der Waals surface area (Å²) in [6.07, 6.45) is 4.25. The number of amides is 4. The third-order valence-electron chi connectivity index (χ3n) is 12.7. The molecule has 3 saturated carbocycles. The number of benzene rings is 2. The topological polar surface area (TPSA) is 190 Å². The van der Waals surface area contributed by atoms with E-state index in [1.165, 1.54) is 27.6 Å². The van der Waals surface area contributed by atoms with Crippen molar-refractivity contribution in [3.63, 3.8) is 0 Å². The second-order valence-corrected chi connectivity index (χ2v) is 19.3. The van der Waals surface area contributed by atoms with Crippen LogP contribution in [0.3, 0.4) is 0 Å². The Labute approximate surface area is 361 Å². The molecule has 2 aliphatic heterocycles. The van der Waals surface area contributed by atoms with Crippen LogP contribution in [0, 0.1) is 5.92 Å². The zero-order valence-electron chi connectivity index (χ0n) is 34.3. The monoisotopic (exact) mass is 891 g/mol. The number of nitrogens with one attached hydrogen (secondary N) is 3. The Morgan fingerprint density at radius 2 is 1.70 bits per heavy atom. The fraction of sp³-hybridized carbons (Fsp3) is 0.500. The molecule has 3 aliphatic carbocycles. The van der Waals surface area contributed by atoms with Crippen molar-refractivity contribution in [2.24, 2.45) is 5.92 Å². The van der Waals surface area contributed by atoms with Crippen LogP contribution in [0.5, 0.6) is 5.88 Å². The second kappa shape index (κ2) is 16.8. The number of alkyl carbamates (subject to hydrolysis) is 1. The third-order valence-corrected chi connectivity index (χ3v) is 14.6. The maximum Gasteiger partial charge on any atom is 0.416 e. The van der Waals surface area contributed by atoms with Crippen molar-refractivity contribution < 1.29 is 50.2 Å². The van der Waals surface area contributed by atoms with Gasteiger partial charge in [-0.15, -0.1) is 0 Å². The van der Waals surface area contributed by atoms with Gasteiger partial charge in [0.2, 0.25) is 27.7 Å². The van der Waals surface area contributed by atoms with Crippen molar-refractivity contribution in [2.45, 2.75) is 125 Å². The molecule has 4 aromatic rings. The van der Waals surface area contributed by atoms with Gasteiger partial charge in [0.25, 0.3) is 5.91 Å². The molecular weight excluding hydrogens is 844 g/mol. The van der Waals surface area contributed by atoms with Crippen LogP contribution < -0.4 is 20.1 Å². The van der Waals surface area contributed by atoms with Gasteiger partial charge in [0.05, 0.1) is 28.6 Å². The van der Waals surface area contributed by atoms with Crippen LogP contribution in [0.1, 0.15) is 89.0 Å². The first-order chi connectivity index (χ1) is 30.2. The van der Waals surface area contributed by atoms with Gasteiger partial charge in [-0.25, -0.2) is 18.2 Å². The van der Waals surface area contributed by atoms with Gasteiger partial charge < -0.3 is 25.0 Å². The molecule has 63 heavy (non-hydrogen) atoms. The van der Waals surface area contributed by atoms with E-state index < -0.39 is 80.5 Å². The molecule has 0 spiro atoms. The molecule has 334 valence electrons. The minimum Gasteiger partial charge on any atom is -0.472 e. The van der Waals surface area contributed by atoms with E-state index in [4.69, 9.17) is 14.5 Å². The van der Waals surface area contributed by atoms with Crippen LogP contribution in [0.2, 0.25) is 0 Å². The Morgan fingerprint density at radius 1 is 0.921 bits per heavy atom. The lowest BCUT2D eigenvalue weighted by atomic mass is 10.0. The van der Waals surface area contributed by atoms with Crippen LogP contribution in [-0.4, -0.2) is 93.4 Å². The molecule has 5 aliphatic rings. The first kappa shape index (κ1) is 42.6. The van der Waals surface area contributed by atoms with Crippen LogP contribution >= 0.6 is 0 Å². The number of hydrogen-bond acceptors (Lipinski definition) is 10. The van der Waals surface area contributed by atoms with E-state index in [1.54, 1.807) is 24.3 Å². The quantitative estimate of drug-likeness (QED) is 0.178. The standard InChI is InChI=1S/C44H48F3N7O8S/c45-44(46,47)27-13-10-11-26(21-27)35-23-37(54-38(48-35)32-16-8-9-17-33(32)51-54)61-30-22-36-39(55)50-43(41(57)52-63(59,60)31-19-20-31)24-28(43)12-4-2-1-3-5-18-34(40(56)53(36)25-30)49-42(58)62-29-14-6-7-15-29/h4,8-13,16-17,21,23,28-31,34,36H,1-3,5-7,14-15,18-20,22,24-25H2,(H,49,58)(H,50,55)(H,52,57)/b12-4-/t28-,30-,34+,36+,43-/m1/s1. The summed E-state index contributed by atoms with van der Waals surface area (Å²) in [5.74, 6) is -2.58. The van der Waals surface area contributed by atoms with Crippen molar-refractivity contribution >= 4 is 50.4 Å². The SMILES string of the molecule is O=C(N[C@H]1CCCCC/C=C\[C@@H]2C[C@@]2(C(=O)NS(=O)(=O)C2CC2)NC(=O)[C@@H]2C[C@@H](Oc3cc(-c4cccc(C(F)(F)F)c4)nc4c5ccccc5nn34)CN2C1=O)OC1CCCC1. The van der Waals surface area contributed by atoms with Gasteiger partial charge in [0, 0.05) is 29.4 Å². The Hall–Kier alpha value is -5.72. The van der Waals surface area contributed by atoms with E-state index in [0.717, 1.165) is 44.2 Å². The molecule has 19 heteroatoms. The molecule has 2 aromatic carbocycles. The van der Waals surface area contributed by atoms with E-state index >= 15 is 0 Å². The summed E-state index contributed by atoms with van der Waals surface area (Å²) in [6.45, 7) is -0.172. The first-order valence-electron chi connectivity index (χ1n) is 21.6. The predicted octanol–water partition coefficient (Wildman–Crippen LogP) is 5.96. The minimum atomic E-state index is -4.61. The molecule has 0 radical (unpaired) electrons. The number of hydrogen-bond donors (Lipinski definition) is 3. The zero-order valence-corrected chi connectivity index (χ0v) is 35.1. The van der Waals surface area contributed by atoms with Gasteiger partial charge in [-0.1, -0.05) is 49.3 Å². The summed E-state index contributed by atoms with van der Waals surface area (Å²) >= 11 is 0. The first-order valence-corrected chi connectivity index (χ1v) is 23.2. The number of allylic oxidation sites excluding steroid dienone is 1. The number of halogens is 3. The third kappa shape index (κ3) is 8.93. The number of rotatable bonds is 8. The largest absolute Gasteiger partial charge is 0.472 e. The Morgan fingerprint density at radius 3 is 2.48 bits per heavy atom. The molecule has 4 amide bonds.